The van der Waals surface area contributed by atoms with Crippen LogP contribution in [0.5, 0.6) is 0 Å². The number of nitrogens with one attached hydrogen (secondary N) is 2. The first-order chi connectivity index (χ1) is 11.2. The fraction of sp³-hybridized carbons (Fsp3) is 0.529. The molecule has 2 N–H and O–H groups in total. The summed E-state index contributed by atoms with van der Waals surface area (Å²) in [5.74, 6) is 0. The Morgan fingerprint density at radius 1 is 1.43 bits per heavy atom. The van der Waals surface area contributed by atoms with Gasteiger partial charge in [-0.15, -0.1) is 5.10 Å². The van der Waals surface area contributed by atoms with Gasteiger partial charge in [0.25, 0.3) is 0 Å². The lowest BCUT2D eigenvalue weighted by molar-refractivity contribution is -0.953. The minimum atomic E-state index is 0.750. The van der Waals surface area contributed by atoms with Crippen LogP contribution in [-0.2, 0) is 6.67 Å². The van der Waals surface area contributed by atoms with E-state index in [0.717, 1.165) is 27.5 Å². The molecule has 2 heterocycles. The summed E-state index contributed by atoms with van der Waals surface area (Å²) in [5, 5.41) is 8.96. The summed E-state index contributed by atoms with van der Waals surface area (Å²) in [7, 11) is 0. The second-order valence-electron chi connectivity index (χ2n) is 6.33. The Morgan fingerprint density at radius 3 is 3.09 bits per heavy atom. The summed E-state index contributed by atoms with van der Waals surface area (Å²) in [6.45, 7) is 6.51. The van der Waals surface area contributed by atoms with E-state index in [4.69, 9.17) is 17.3 Å². The standard InChI is InChI=1S/C17H24N4S2/c1-3-15-9-4-5-10-20(15)12-21-17(22)23-16(19-21)18-14-8-6-7-13(2)11-14/h6-8,11,15H,3-5,9-10,12H2,1-2H3,(H,18,19)/p+1/t15-/m1/s1. The molecule has 4 nitrogen and oxygen atoms in total. The van der Waals surface area contributed by atoms with Crippen LogP contribution in [0.25, 0.3) is 0 Å². The Balaban J connectivity index is 1.72. The molecule has 1 fully saturated rings. The molecule has 6 heteroatoms. The summed E-state index contributed by atoms with van der Waals surface area (Å²) < 4.78 is 2.86. The topological polar surface area (TPSA) is 34.3 Å². The zero-order valence-corrected chi connectivity index (χ0v) is 15.5. The molecule has 0 saturated carbocycles. The number of quaternary nitrogens is 1. The predicted molar refractivity (Wildman–Crippen MR) is 99.2 cm³/mol. The van der Waals surface area contributed by atoms with Crippen molar-refractivity contribution >= 4 is 34.4 Å². The van der Waals surface area contributed by atoms with Crippen LogP contribution >= 0.6 is 23.6 Å². The van der Waals surface area contributed by atoms with Gasteiger partial charge in [0.2, 0.25) is 5.13 Å². The molecule has 2 atom stereocenters. The van der Waals surface area contributed by atoms with Gasteiger partial charge in [0.05, 0.1) is 12.6 Å². The first kappa shape index (κ1) is 16.6. The third-order valence-electron chi connectivity index (χ3n) is 4.60. The minimum absolute atomic E-state index is 0.750. The molecule has 0 spiro atoms. The van der Waals surface area contributed by atoms with E-state index in [1.165, 1.54) is 37.8 Å². The lowest BCUT2D eigenvalue weighted by Crippen LogP contribution is -3.15. The molecule has 0 bridgehead atoms. The van der Waals surface area contributed by atoms with Gasteiger partial charge in [-0.2, -0.15) is 4.68 Å². The molecular formula is C17H25N4S2+. The van der Waals surface area contributed by atoms with Gasteiger partial charge in [0.1, 0.15) is 0 Å². The third-order valence-corrected chi connectivity index (χ3v) is 5.82. The second kappa shape index (κ2) is 7.55. The predicted octanol–water partition coefficient (Wildman–Crippen LogP) is 3.53. The smallest absolute Gasteiger partial charge is 0.209 e. The fourth-order valence-electron chi connectivity index (χ4n) is 3.35. The van der Waals surface area contributed by atoms with Crippen molar-refractivity contribution in [2.45, 2.75) is 52.2 Å². The van der Waals surface area contributed by atoms with Gasteiger partial charge in [-0.05, 0) is 62.5 Å². The highest BCUT2D eigenvalue weighted by Crippen LogP contribution is 2.20. The van der Waals surface area contributed by atoms with Crippen LogP contribution in [0.2, 0.25) is 0 Å². The average molecular weight is 350 g/mol. The maximum Gasteiger partial charge on any atom is 0.209 e. The van der Waals surface area contributed by atoms with Crippen molar-refractivity contribution in [2.24, 2.45) is 0 Å². The van der Waals surface area contributed by atoms with Gasteiger partial charge in [-0.3, -0.25) is 0 Å². The van der Waals surface area contributed by atoms with Crippen LogP contribution in [-0.4, -0.2) is 22.4 Å². The summed E-state index contributed by atoms with van der Waals surface area (Å²) in [6.07, 6.45) is 5.25. The third kappa shape index (κ3) is 4.19. The highest BCUT2D eigenvalue weighted by Gasteiger charge is 2.25. The van der Waals surface area contributed by atoms with Gasteiger partial charge in [0.15, 0.2) is 10.6 Å². The molecular weight excluding hydrogens is 324 g/mol. The van der Waals surface area contributed by atoms with E-state index in [0.29, 0.717) is 0 Å². The van der Waals surface area contributed by atoms with Gasteiger partial charge < -0.3 is 10.2 Å². The Kier molecular flexibility index (Phi) is 5.46. The Labute approximate surface area is 147 Å². The first-order valence-electron chi connectivity index (χ1n) is 8.42. The Morgan fingerprint density at radius 2 is 2.30 bits per heavy atom. The molecule has 2 aromatic rings. The highest BCUT2D eigenvalue weighted by molar-refractivity contribution is 7.73. The van der Waals surface area contributed by atoms with E-state index in [9.17, 15) is 0 Å². The number of rotatable bonds is 5. The lowest BCUT2D eigenvalue weighted by atomic mass is 10.0. The van der Waals surface area contributed by atoms with Crippen molar-refractivity contribution in [3.8, 4) is 0 Å². The molecule has 1 aliphatic rings. The van der Waals surface area contributed by atoms with E-state index < -0.39 is 0 Å². The van der Waals surface area contributed by atoms with Gasteiger partial charge in [-0.25, -0.2) is 0 Å². The molecule has 1 aliphatic heterocycles. The number of aryl methyl sites for hydroxylation is 1. The SMILES string of the molecule is CC[C@@H]1CCCC[NH+]1Cn1nc(Nc2cccc(C)c2)sc1=S. The molecule has 1 saturated heterocycles. The van der Waals surface area contributed by atoms with E-state index >= 15 is 0 Å². The first-order valence-corrected chi connectivity index (χ1v) is 9.64. The molecule has 23 heavy (non-hydrogen) atoms. The maximum atomic E-state index is 5.52. The minimum Gasteiger partial charge on any atom is -0.330 e. The van der Waals surface area contributed by atoms with Crippen molar-refractivity contribution in [2.75, 3.05) is 11.9 Å². The van der Waals surface area contributed by atoms with Crippen molar-refractivity contribution in [1.82, 2.24) is 9.78 Å². The summed E-state index contributed by atoms with van der Waals surface area (Å²) >= 11 is 7.08. The van der Waals surface area contributed by atoms with Gasteiger partial charge in [-0.1, -0.05) is 30.4 Å². The number of aromatic nitrogens is 2. The summed E-state index contributed by atoms with van der Waals surface area (Å²) in [5.41, 5.74) is 2.30. The van der Waals surface area contributed by atoms with E-state index in [-0.39, 0.29) is 0 Å². The largest absolute Gasteiger partial charge is 0.330 e. The average Bonchev–Trinajstić information content (AvgIpc) is 2.87. The number of piperidine rings is 1. The number of hydrogen-bond donors (Lipinski definition) is 2. The molecule has 124 valence electrons. The number of benzene rings is 1. The van der Waals surface area contributed by atoms with Crippen LogP contribution in [0.4, 0.5) is 10.8 Å². The highest BCUT2D eigenvalue weighted by atomic mass is 32.1. The molecule has 1 aromatic carbocycles. The molecule has 1 unspecified atom stereocenters. The number of nitrogens with zero attached hydrogens (tertiary/aromatic N) is 2. The van der Waals surface area contributed by atoms with Crippen LogP contribution in [0.3, 0.4) is 0 Å². The fourth-order valence-corrected chi connectivity index (χ4v) is 4.37. The van der Waals surface area contributed by atoms with Crippen LogP contribution in [0.1, 0.15) is 38.2 Å². The number of likely N-dealkylation sites (tertiary alicyclic amines) is 1. The lowest BCUT2D eigenvalue weighted by Gasteiger charge is -2.31. The second-order valence-corrected chi connectivity index (χ2v) is 7.96. The van der Waals surface area contributed by atoms with Crippen molar-refractivity contribution in [3.05, 3.63) is 33.8 Å². The normalized spacial score (nSPS) is 21.3. The summed E-state index contributed by atoms with van der Waals surface area (Å²) in [6, 6.07) is 9.08. The Hall–Kier alpha value is -1.24. The number of hydrogen-bond acceptors (Lipinski definition) is 4. The van der Waals surface area contributed by atoms with Crippen LogP contribution < -0.4 is 10.2 Å². The van der Waals surface area contributed by atoms with E-state index in [2.05, 4.69) is 43.4 Å². The molecule has 0 aliphatic carbocycles. The zero-order valence-electron chi connectivity index (χ0n) is 13.8. The molecule has 0 radical (unpaired) electrons. The van der Waals surface area contributed by atoms with E-state index in [1.54, 1.807) is 16.2 Å². The molecule has 1 aromatic heterocycles. The maximum absolute atomic E-state index is 5.52. The number of anilines is 2. The summed E-state index contributed by atoms with van der Waals surface area (Å²) in [4.78, 5) is 1.63. The van der Waals surface area contributed by atoms with Crippen molar-refractivity contribution in [1.29, 1.82) is 0 Å². The van der Waals surface area contributed by atoms with Crippen molar-refractivity contribution < 1.29 is 4.90 Å². The van der Waals surface area contributed by atoms with Gasteiger partial charge in [0, 0.05) is 5.69 Å². The van der Waals surface area contributed by atoms with Crippen LogP contribution in [0, 0.1) is 10.9 Å². The quantitative estimate of drug-likeness (QED) is 0.811. The molecule has 3 rings (SSSR count). The zero-order chi connectivity index (χ0) is 16.2. The Bertz CT molecular complexity index is 707. The van der Waals surface area contributed by atoms with Crippen molar-refractivity contribution in [3.63, 3.8) is 0 Å². The van der Waals surface area contributed by atoms with Gasteiger partial charge >= 0.3 is 0 Å². The monoisotopic (exact) mass is 349 g/mol. The van der Waals surface area contributed by atoms with E-state index in [1.807, 2.05) is 4.68 Å². The van der Waals surface area contributed by atoms with Crippen LogP contribution in [0.15, 0.2) is 24.3 Å². The molecule has 0 amide bonds.